The Morgan fingerprint density at radius 3 is 2.67 bits per heavy atom. The van der Waals surface area contributed by atoms with Gasteiger partial charge in [0.25, 0.3) is 5.91 Å². The van der Waals surface area contributed by atoms with Crippen molar-refractivity contribution >= 4 is 50.3 Å². The predicted molar refractivity (Wildman–Crippen MR) is 139 cm³/mol. The van der Waals surface area contributed by atoms with Crippen LogP contribution < -0.4 is 15.4 Å². The Labute approximate surface area is 216 Å². The number of aliphatic hydroxyl groups is 1. The zero-order valence-electron chi connectivity index (χ0n) is 19.7. The summed E-state index contributed by atoms with van der Waals surface area (Å²) in [5, 5.41) is 16.6. The van der Waals surface area contributed by atoms with Crippen molar-refractivity contribution in [2.45, 2.75) is 44.8 Å². The van der Waals surface area contributed by atoms with Gasteiger partial charge in [0.15, 0.2) is 9.96 Å². The lowest BCUT2D eigenvalue weighted by Gasteiger charge is -2.25. The van der Waals surface area contributed by atoms with Crippen molar-refractivity contribution in [3.63, 3.8) is 0 Å². The van der Waals surface area contributed by atoms with Gasteiger partial charge in [-0.3, -0.25) is 15.1 Å². The number of halogens is 1. The number of aliphatic hydroxyl groups excluding tert-OH is 1. The molecule has 1 aliphatic rings. The molecule has 1 aliphatic carbocycles. The number of carbonyl (C=O) groups is 1. The summed E-state index contributed by atoms with van der Waals surface area (Å²) in [6.07, 6.45) is 7.72. The minimum atomic E-state index is -0.376. The highest BCUT2D eigenvalue weighted by atomic mass is 35.5. The highest BCUT2D eigenvalue weighted by Crippen LogP contribution is 2.34. The first kappa shape index (κ1) is 24.3. The molecule has 0 bridgehead atoms. The van der Waals surface area contributed by atoms with Gasteiger partial charge in [0.05, 0.1) is 31.2 Å². The number of aromatic nitrogens is 5. The number of hydrogen-bond acceptors (Lipinski definition) is 10. The van der Waals surface area contributed by atoms with E-state index in [4.69, 9.17) is 16.3 Å². The molecule has 4 aromatic heterocycles. The van der Waals surface area contributed by atoms with Crippen LogP contribution in [-0.4, -0.2) is 55.2 Å². The third-order valence-electron chi connectivity index (χ3n) is 6.03. The Hall–Kier alpha value is -3.41. The summed E-state index contributed by atoms with van der Waals surface area (Å²) in [5.74, 6) is 0.623. The van der Waals surface area contributed by atoms with Crippen LogP contribution in [0, 0.1) is 6.92 Å². The molecule has 36 heavy (non-hydrogen) atoms. The summed E-state index contributed by atoms with van der Waals surface area (Å²) in [6.45, 7) is 1.84. The monoisotopic (exact) mass is 525 g/mol. The number of ether oxygens (including phenoxy) is 1. The van der Waals surface area contributed by atoms with Crippen molar-refractivity contribution in [3.05, 3.63) is 47.1 Å². The molecule has 4 heterocycles. The van der Waals surface area contributed by atoms with Gasteiger partial charge in [0, 0.05) is 29.1 Å². The topological polar surface area (TPSA) is 135 Å². The maximum Gasteiger partial charge on any atom is 0.259 e. The van der Waals surface area contributed by atoms with E-state index in [0.29, 0.717) is 43.9 Å². The first-order valence-corrected chi connectivity index (χ1v) is 12.6. The number of methoxy groups -OCH3 is 1. The molecular weight excluding hydrogens is 502 g/mol. The standard InChI is InChI=1S/C24H24ClN7O3S/c1-12-7-15(16-8-20(25)27-11-19(16)35-2)17(9-26-12)21(34)31-24-30-18-10-28-23(32-22(18)36-24)29-13-3-5-14(33)6-4-13/h7-11,13-14,33H,3-6H2,1-2H3,(H,28,29,32)(H,30,31,34). The van der Waals surface area contributed by atoms with E-state index >= 15 is 0 Å². The second-order valence-corrected chi connectivity index (χ2v) is 9.95. The molecule has 0 atom stereocenters. The molecule has 1 amide bonds. The zero-order valence-corrected chi connectivity index (χ0v) is 21.2. The Bertz CT molecular complexity index is 1420. The van der Waals surface area contributed by atoms with E-state index in [0.717, 1.165) is 31.4 Å². The van der Waals surface area contributed by atoms with Crippen molar-refractivity contribution in [1.82, 2.24) is 24.9 Å². The summed E-state index contributed by atoms with van der Waals surface area (Å²) in [7, 11) is 1.53. The third kappa shape index (κ3) is 5.23. The van der Waals surface area contributed by atoms with Crippen LogP contribution in [0.4, 0.5) is 11.1 Å². The molecule has 0 aromatic carbocycles. The minimum Gasteiger partial charge on any atom is -0.494 e. The van der Waals surface area contributed by atoms with Crippen LogP contribution in [-0.2, 0) is 0 Å². The smallest absolute Gasteiger partial charge is 0.259 e. The van der Waals surface area contributed by atoms with Gasteiger partial charge >= 0.3 is 0 Å². The number of thiazole rings is 1. The number of aryl methyl sites for hydroxylation is 1. The van der Waals surface area contributed by atoms with Crippen molar-refractivity contribution in [2.24, 2.45) is 0 Å². The molecule has 3 N–H and O–H groups in total. The van der Waals surface area contributed by atoms with Gasteiger partial charge < -0.3 is 15.2 Å². The van der Waals surface area contributed by atoms with E-state index in [1.54, 1.807) is 18.3 Å². The highest BCUT2D eigenvalue weighted by molar-refractivity contribution is 7.22. The predicted octanol–water partition coefficient (Wildman–Crippen LogP) is 4.48. The molecule has 0 radical (unpaired) electrons. The van der Waals surface area contributed by atoms with E-state index in [9.17, 15) is 9.90 Å². The van der Waals surface area contributed by atoms with Gasteiger partial charge in [-0.1, -0.05) is 22.9 Å². The average molecular weight is 526 g/mol. The molecule has 0 unspecified atom stereocenters. The lowest BCUT2D eigenvalue weighted by Crippen LogP contribution is -2.28. The van der Waals surface area contributed by atoms with E-state index in [-0.39, 0.29) is 23.2 Å². The Balaban J connectivity index is 1.39. The summed E-state index contributed by atoms with van der Waals surface area (Å²) >= 11 is 7.39. The van der Waals surface area contributed by atoms with Crippen molar-refractivity contribution in [3.8, 4) is 16.9 Å². The average Bonchev–Trinajstić information content (AvgIpc) is 3.26. The fourth-order valence-corrected chi connectivity index (χ4v) is 5.14. The number of rotatable bonds is 6. The maximum absolute atomic E-state index is 13.3. The van der Waals surface area contributed by atoms with Gasteiger partial charge in [0.2, 0.25) is 5.95 Å². The molecule has 5 rings (SSSR count). The van der Waals surface area contributed by atoms with Crippen LogP contribution in [0.2, 0.25) is 5.15 Å². The fraction of sp³-hybridized carbons (Fsp3) is 0.333. The van der Waals surface area contributed by atoms with Crippen LogP contribution in [0.5, 0.6) is 5.75 Å². The molecule has 1 saturated carbocycles. The van der Waals surface area contributed by atoms with E-state index in [1.807, 2.05) is 6.92 Å². The SMILES string of the molecule is COc1cnc(Cl)cc1-c1cc(C)ncc1C(=O)Nc1nc2cnc(NC3CCC(O)CC3)nc2s1. The number of hydrogen-bond donors (Lipinski definition) is 3. The van der Waals surface area contributed by atoms with E-state index < -0.39 is 0 Å². The summed E-state index contributed by atoms with van der Waals surface area (Å²) in [6, 6.07) is 3.68. The number of nitrogens with one attached hydrogen (secondary N) is 2. The zero-order chi connectivity index (χ0) is 25.2. The molecule has 186 valence electrons. The number of anilines is 2. The number of fused-ring (bicyclic) bond motifs is 1. The lowest BCUT2D eigenvalue weighted by molar-refractivity contribution is 0.102. The molecule has 0 aliphatic heterocycles. The number of carbonyl (C=O) groups excluding carboxylic acids is 1. The van der Waals surface area contributed by atoms with Crippen molar-refractivity contribution in [1.29, 1.82) is 0 Å². The van der Waals surface area contributed by atoms with Crippen LogP contribution in [0.1, 0.15) is 41.7 Å². The molecule has 12 heteroatoms. The summed E-state index contributed by atoms with van der Waals surface area (Å²) in [5.41, 5.74) is 2.91. The number of pyridine rings is 2. The van der Waals surface area contributed by atoms with Crippen molar-refractivity contribution in [2.75, 3.05) is 17.7 Å². The van der Waals surface area contributed by atoms with Crippen LogP contribution in [0.25, 0.3) is 21.5 Å². The molecule has 1 fully saturated rings. The largest absolute Gasteiger partial charge is 0.494 e. The molecule has 10 nitrogen and oxygen atoms in total. The van der Waals surface area contributed by atoms with Gasteiger partial charge in [-0.05, 0) is 44.7 Å². The second kappa shape index (κ2) is 10.3. The Kier molecular flexibility index (Phi) is 6.95. The van der Waals surface area contributed by atoms with Crippen molar-refractivity contribution < 1.29 is 14.6 Å². The molecule has 0 saturated heterocycles. The van der Waals surface area contributed by atoms with Crippen LogP contribution in [0.15, 0.2) is 30.7 Å². The number of nitrogens with zero attached hydrogens (tertiary/aromatic N) is 5. The minimum absolute atomic E-state index is 0.222. The quantitative estimate of drug-likeness (QED) is 0.311. The third-order valence-corrected chi connectivity index (χ3v) is 7.12. The highest BCUT2D eigenvalue weighted by Gasteiger charge is 2.21. The van der Waals surface area contributed by atoms with E-state index in [2.05, 4.69) is 35.6 Å². The van der Waals surface area contributed by atoms with E-state index in [1.165, 1.54) is 30.8 Å². The van der Waals surface area contributed by atoms with Gasteiger partial charge in [-0.15, -0.1) is 0 Å². The second-order valence-electron chi connectivity index (χ2n) is 8.59. The first-order chi connectivity index (χ1) is 17.4. The maximum atomic E-state index is 13.3. The van der Waals surface area contributed by atoms with Crippen LogP contribution in [0.3, 0.4) is 0 Å². The molecule has 4 aromatic rings. The van der Waals surface area contributed by atoms with Gasteiger partial charge in [-0.25, -0.2) is 19.9 Å². The molecular formula is C24H24ClN7O3S. The Morgan fingerprint density at radius 1 is 1.08 bits per heavy atom. The first-order valence-electron chi connectivity index (χ1n) is 11.5. The summed E-state index contributed by atoms with van der Waals surface area (Å²) in [4.78, 5) is 35.7. The lowest BCUT2D eigenvalue weighted by atomic mass is 9.93. The number of amides is 1. The summed E-state index contributed by atoms with van der Waals surface area (Å²) < 4.78 is 5.44. The van der Waals surface area contributed by atoms with Crippen LogP contribution >= 0.6 is 22.9 Å². The molecule has 0 spiro atoms. The van der Waals surface area contributed by atoms with Gasteiger partial charge in [0.1, 0.15) is 16.4 Å². The fourth-order valence-electron chi connectivity index (χ4n) is 4.18. The van der Waals surface area contributed by atoms with Gasteiger partial charge in [-0.2, -0.15) is 0 Å². The normalized spacial score (nSPS) is 17.7. The Morgan fingerprint density at radius 2 is 1.89 bits per heavy atom.